The maximum absolute atomic E-state index is 14.4. The number of nitrogens with one attached hydrogen (secondary N) is 1. The summed E-state index contributed by atoms with van der Waals surface area (Å²) in [5.41, 5.74) is 1.82. The van der Waals surface area contributed by atoms with Gasteiger partial charge in [-0.25, -0.2) is 4.39 Å². The second-order valence-corrected chi connectivity index (χ2v) is 8.55. The minimum Gasteiger partial charge on any atom is -0.338 e. The Balaban J connectivity index is 1.26. The van der Waals surface area contributed by atoms with Crippen LogP contribution in [0, 0.1) is 17.7 Å². The smallest absolute Gasteiger partial charge is 0.256 e. The number of hydrogen-bond acceptors (Lipinski definition) is 4. The second-order valence-electron chi connectivity index (χ2n) is 8.55. The summed E-state index contributed by atoms with van der Waals surface area (Å²) in [6, 6.07) is 12.7. The normalized spacial score (nSPS) is 16.6. The molecule has 0 unspecified atom stereocenters. The van der Waals surface area contributed by atoms with E-state index in [-0.39, 0.29) is 11.5 Å². The van der Waals surface area contributed by atoms with Crippen LogP contribution in [0.25, 0.3) is 10.8 Å². The molecular weight excluding hydrogens is 379 g/mol. The van der Waals surface area contributed by atoms with Gasteiger partial charge in [-0.2, -0.15) is 10.2 Å². The summed E-state index contributed by atoms with van der Waals surface area (Å²) >= 11 is 0. The van der Waals surface area contributed by atoms with Gasteiger partial charge in [-0.05, 0) is 43.0 Å². The van der Waals surface area contributed by atoms with E-state index < -0.39 is 5.82 Å². The maximum Gasteiger partial charge on any atom is 0.256 e. The summed E-state index contributed by atoms with van der Waals surface area (Å²) in [7, 11) is 0. The third-order valence-corrected chi connectivity index (χ3v) is 6.09. The van der Waals surface area contributed by atoms with Crippen molar-refractivity contribution >= 4 is 16.7 Å². The number of aromatic nitrogens is 2. The molecule has 1 saturated carbocycles. The zero-order valence-electron chi connectivity index (χ0n) is 16.9. The lowest BCUT2D eigenvalue weighted by Crippen LogP contribution is -2.53. The Morgan fingerprint density at radius 2 is 1.90 bits per heavy atom. The number of halogens is 1. The van der Waals surface area contributed by atoms with Gasteiger partial charge in [0.2, 0.25) is 0 Å². The van der Waals surface area contributed by atoms with Crippen LogP contribution in [0.1, 0.15) is 34.5 Å². The molecule has 6 heteroatoms. The Hall–Kier alpha value is -2.86. The number of hydrogen-bond donors (Lipinski definition) is 1. The zero-order valence-corrected chi connectivity index (χ0v) is 16.9. The summed E-state index contributed by atoms with van der Waals surface area (Å²) < 4.78 is 14.4. The van der Waals surface area contributed by atoms with Crippen molar-refractivity contribution < 1.29 is 9.18 Å². The number of carbonyl (C=O) groups is 1. The van der Waals surface area contributed by atoms with Crippen LogP contribution in [0.2, 0.25) is 0 Å². The summed E-state index contributed by atoms with van der Waals surface area (Å²) in [6.45, 7) is 3.39. The Morgan fingerprint density at radius 3 is 2.73 bits per heavy atom. The number of amides is 1. The molecule has 3 aromatic rings. The molecule has 30 heavy (non-hydrogen) atoms. The molecule has 0 spiro atoms. The lowest BCUT2D eigenvalue weighted by Gasteiger charge is -2.39. The number of rotatable bonds is 7. The van der Waals surface area contributed by atoms with E-state index in [1.165, 1.54) is 18.9 Å². The number of fused-ring (bicyclic) bond motifs is 1. The predicted octanol–water partition coefficient (Wildman–Crippen LogP) is 3.43. The molecule has 1 aromatic heterocycles. The van der Waals surface area contributed by atoms with Gasteiger partial charge in [0.25, 0.3) is 5.91 Å². The van der Waals surface area contributed by atoms with Gasteiger partial charge in [-0.3, -0.25) is 4.79 Å². The first-order chi connectivity index (χ1) is 14.7. The molecule has 1 aliphatic carbocycles. The summed E-state index contributed by atoms with van der Waals surface area (Å²) in [5.74, 6) is 0.621. The van der Waals surface area contributed by atoms with Gasteiger partial charge in [-0.15, -0.1) is 0 Å². The van der Waals surface area contributed by atoms with E-state index in [0.717, 1.165) is 41.0 Å². The minimum atomic E-state index is -0.469. The largest absolute Gasteiger partial charge is 0.338 e. The van der Waals surface area contributed by atoms with E-state index >= 15 is 0 Å². The molecule has 5 nitrogen and oxygen atoms in total. The van der Waals surface area contributed by atoms with E-state index in [1.54, 1.807) is 23.2 Å². The quantitative estimate of drug-likeness (QED) is 0.656. The minimum absolute atomic E-state index is 0.144. The first-order valence-corrected chi connectivity index (χ1v) is 10.6. The van der Waals surface area contributed by atoms with Gasteiger partial charge in [-0.1, -0.05) is 30.3 Å². The van der Waals surface area contributed by atoms with Gasteiger partial charge in [0.15, 0.2) is 0 Å². The van der Waals surface area contributed by atoms with Gasteiger partial charge >= 0.3 is 0 Å². The fourth-order valence-corrected chi connectivity index (χ4v) is 4.11. The van der Waals surface area contributed by atoms with Crippen LogP contribution >= 0.6 is 0 Å². The van der Waals surface area contributed by atoms with Crippen LogP contribution in [-0.4, -0.2) is 47.2 Å². The monoisotopic (exact) mass is 404 g/mol. The van der Waals surface area contributed by atoms with E-state index in [2.05, 4.69) is 15.5 Å². The number of benzene rings is 2. The highest BCUT2D eigenvalue weighted by atomic mass is 19.1. The van der Waals surface area contributed by atoms with Gasteiger partial charge in [0.05, 0.1) is 17.5 Å². The molecule has 2 aromatic carbocycles. The van der Waals surface area contributed by atoms with Gasteiger partial charge in [0, 0.05) is 42.7 Å². The summed E-state index contributed by atoms with van der Waals surface area (Å²) in [4.78, 5) is 14.6. The molecule has 1 N–H and O–H groups in total. The molecule has 2 heterocycles. The molecular formula is C24H25FN4O. The summed E-state index contributed by atoms with van der Waals surface area (Å²) in [6.07, 6.45) is 4.91. The maximum atomic E-state index is 14.4. The Morgan fingerprint density at radius 1 is 1.10 bits per heavy atom. The molecule has 1 amide bonds. The van der Waals surface area contributed by atoms with Crippen molar-refractivity contribution in [3.8, 4) is 0 Å². The van der Waals surface area contributed by atoms with Crippen molar-refractivity contribution in [2.45, 2.75) is 19.3 Å². The first kappa shape index (κ1) is 19.1. The predicted molar refractivity (Wildman–Crippen MR) is 114 cm³/mol. The average Bonchev–Trinajstić information content (AvgIpc) is 3.55. The van der Waals surface area contributed by atoms with Crippen LogP contribution in [0.5, 0.6) is 0 Å². The molecule has 2 fully saturated rings. The molecule has 154 valence electrons. The number of nitrogens with zero attached hydrogens (tertiary/aromatic N) is 3. The first-order valence-electron chi connectivity index (χ1n) is 10.6. The fraction of sp³-hybridized carbons (Fsp3) is 0.375. The third-order valence-electron chi connectivity index (χ3n) is 6.09. The average molecular weight is 404 g/mol. The molecule has 5 rings (SSSR count). The fourth-order valence-electron chi connectivity index (χ4n) is 4.11. The van der Waals surface area contributed by atoms with Crippen molar-refractivity contribution in [1.29, 1.82) is 0 Å². The molecule has 2 aliphatic rings. The van der Waals surface area contributed by atoms with Crippen molar-refractivity contribution in [2.75, 3.05) is 26.2 Å². The van der Waals surface area contributed by atoms with Crippen LogP contribution in [-0.2, 0) is 6.42 Å². The lowest BCUT2D eigenvalue weighted by molar-refractivity contribution is 0.0496. The van der Waals surface area contributed by atoms with Crippen molar-refractivity contribution in [3.05, 3.63) is 71.3 Å². The van der Waals surface area contributed by atoms with Gasteiger partial charge in [0.1, 0.15) is 5.82 Å². The second kappa shape index (κ2) is 8.11. The topological polar surface area (TPSA) is 58.1 Å². The van der Waals surface area contributed by atoms with E-state index in [0.29, 0.717) is 25.4 Å². The molecule has 1 aliphatic heterocycles. The summed E-state index contributed by atoms with van der Waals surface area (Å²) in [5, 5.41) is 13.9. The molecule has 0 bridgehead atoms. The highest BCUT2D eigenvalue weighted by Gasteiger charge is 2.32. The number of carbonyl (C=O) groups excluding carboxylic acids is 1. The van der Waals surface area contributed by atoms with E-state index in [4.69, 9.17) is 0 Å². The highest BCUT2D eigenvalue weighted by molar-refractivity contribution is 5.95. The highest BCUT2D eigenvalue weighted by Crippen LogP contribution is 2.28. The molecule has 0 radical (unpaired) electrons. The Bertz CT molecular complexity index is 1070. The zero-order chi connectivity index (χ0) is 20.5. The SMILES string of the molecule is O=C(c1cc(Cc2nncc3ccccc23)ccc1F)N1CC(CNCC2CC2)C1. The van der Waals surface area contributed by atoms with Crippen molar-refractivity contribution in [1.82, 2.24) is 20.4 Å². The van der Waals surface area contributed by atoms with Crippen LogP contribution in [0.3, 0.4) is 0 Å². The standard InChI is InChI=1S/C24H25FN4O/c25-22-8-7-17(10-23-20-4-2-1-3-19(20)13-27-28-23)9-21(22)24(30)29-14-18(15-29)12-26-11-16-5-6-16/h1-4,7-9,13,16,18,26H,5-6,10-12,14-15H2. The number of likely N-dealkylation sites (tertiary alicyclic amines) is 1. The lowest BCUT2D eigenvalue weighted by atomic mass is 9.97. The van der Waals surface area contributed by atoms with Crippen molar-refractivity contribution in [2.24, 2.45) is 11.8 Å². The van der Waals surface area contributed by atoms with Crippen LogP contribution < -0.4 is 5.32 Å². The van der Waals surface area contributed by atoms with Crippen LogP contribution in [0.15, 0.2) is 48.7 Å². The molecule has 0 atom stereocenters. The van der Waals surface area contributed by atoms with Crippen LogP contribution in [0.4, 0.5) is 4.39 Å². The van der Waals surface area contributed by atoms with Crippen molar-refractivity contribution in [3.63, 3.8) is 0 Å². The van der Waals surface area contributed by atoms with E-state index in [1.807, 2.05) is 24.3 Å². The van der Waals surface area contributed by atoms with Gasteiger partial charge < -0.3 is 10.2 Å². The third kappa shape index (κ3) is 4.05. The molecule has 1 saturated heterocycles. The Labute approximate surface area is 175 Å². The van der Waals surface area contributed by atoms with E-state index in [9.17, 15) is 9.18 Å². The Kier molecular flexibility index (Phi) is 5.17.